The Hall–Kier alpha value is 0.0613. The van der Waals surface area contributed by atoms with Crippen LogP contribution in [0.4, 0.5) is 21.7 Å². The van der Waals surface area contributed by atoms with Gasteiger partial charge < -0.3 is 12.9 Å². The van der Waals surface area contributed by atoms with Gasteiger partial charge in [-0.25, -0.2) is 8.78 Å². The maximum atomic E-state index is 12.5. The summed E-state index contributed by atoms with van der Waals surface area (Å²) in [5.74, 6) is -3.08. The molecule has 1 nitrogen and oxygen atoms in total. The van der Waals surface area contributed by atoms with Crippen molar-refractivity contribution in [1.82, 2.24) is 0 Å². The van der Waals surface area contributed by atoms with E-state index in [1.165, 1.54) is 0 Å². The quantitative estimate of drug-likeness (QED) is 0.455. The molecule has 1 aromatic carbocycles. The number of benzene rings is 1. The Morgan fingerprint density at radius 3 is 1.93 bits per heavy atom. The van der Waals surface area contributed by atoms with E-state index in [4.69, 9.17) is 5.26 Å². The standard InChI is InChI=1S/C7H2BF5N.K/c9-6-1-4(3-14)5(2-7(6)10)8(11,12)13;/h1-2H;/q-1;+1. The van der Waals surface area contributed by atoms with Crippen molar-refractivity contribution in [2.45, 2.75) is 0 Å². The molecule has 0 spiro atoms. The number of hydrogen-bond donors (Lipinski definition) is 0. The zero-order valence-electron chi connectivity index (χ0n) is 7.57. The van der Waals surface area contributed by atoms with Crippen LogP contribution in [0.25, 0.3) is 0 Å². The smallest absolute Gasteiger partial charge is 0.445 e. The van der Waals surface area contributed by atoms with Crippen LogP contribution in [0.5, 0.6) is 0 Å². The van der Waals surface area contributed by atoms with Gasteiger partial charge in [-0.15, -0.1) is 0 Å². The average molecular weight is 245 g/mol. The Bertz CT molecular complexity index is 411. The minimum absolute atomic E-state index is 0. The van der Waals surface area contributed by atoms with E-state index < -0.39 is 29.6 Å². The average Bonchev–Trinajstić information content (AvgIpc) is 2.07. The van der Waals surface area contributed by atoms with Crippen LogP contribution in [0.1, 0.15) is 5.56 Å². The molecule has 0 aliphatic heterocycles. The molecular formula is C7H2BF5KN. The van der Waals surface area contributed by atoms with Crippen molar-refractivity contribution in [2.24, 2.45) is 0 Å². The summed E-state index contributed by atoms with van der Waals surface area (Å²) in [4.78, 5) is 0. The van der Waals surface area contributed by atoms with E-state index in [9.17, 15) is 21.7 Å². The molecule has 74 valence electrons. The maximum absolute atomic E-state index is 12.5. The van der Waals surface area contributed by atoms with Crippen LogP contribution >= 0.6 is 0 Å². The van der Waals surface area contributed by atoms with E-state index in [1.807, 2.05) is 0 Å². The predicted octanol–water partition coefficient (Wildman–Crippen LogP) is -1.11. The van der Waals surface area contributed by atoms with E-state index in [2.05, 4.69) is 0 Å². The van der Waals surface area contributed by atoms with Gasteiger partial charge in [0.15, 0.2) is 11.6 Å². The first-order valence-corrected chi connectivity index (χ1v) is 3.45. The van der Waals surface area contributed by atoms with E-state index in [0.29, 0.717) is 0 Å². The summed E-state index contributed by atoms with van der Waals surface area (Å²) < 4.78 is 61.4. The monoisotopic (exact) mass is 245 g/mol. The van der Waals surface area contributed by atoms with E-state index in [0.717, 1.165) is 6.07 Å². The molecule has 0 heterocycles. The molecule has 1 rings (SSSR count). The first-order valence-electron chi connectivity index (χ1n) is 3.45. The van der Waals surface area contributed by atoms with Crippen molar-refractivity contribution in [2.75, 3.05) is 0 Å². The van der Waals surface area contributed by atoms with Crippen molar-refractivity contribution >= 4 is 12.4 Å². The molecule has 0 saturated carbocycles. The zero-order chi connectivity index (χ0) is 10.9. The van der Waals surface area contributed by atoms with Crippen LogP contribution in [0, 0.1) is 23.0 Å². The normalized spacial score (nSPS) is 10.4. The van der Waals surface area contributed by atoms with Gasteiger partial charge in [-0.3, -0.25) is 0 Å². The van der Waals surface area contributed by atoms with Crippen molar-refractivity contribution in [3.63, 3.8) is 0 Å². The van der Waals surface area contributed by atoms with Crippen LogP contribution < -0.4 is 56.8 Å². The third kappa shape index (κ3) is 3.53. The van der Waals surface area contributed by atoms with Crippen molar-refractivity contribution < 1.29 is 73.1 Å². The SMILES string of the molecule is N#Cc1cc(F)c(F)cc1[B-](F)(F)F.[K+]. The second-order valence-corrected chi connectivity index (χ2v) is 2.54. The fourth-order valence-corrected chi connectivity index (χ4v) is 0.930. The summed E-state index contributed by atoms with van der Waals surface area (Å²) in [6.45, 7) is -5.50. The van der Waals surface area contributed by atoms with Crippen LogP contribution in [0.3, 0.4) is 0 Å². The minimum atomic E-state index is -5.50. The van der Waals surface area contributed by atoms with Crippen LogP contribution in [-0.4, -0.2) is 6.98 Å². The molecule has 0 bridgehead atoms. The molecule has 0 aliphatic rings. The fraction of sp³-hybridized carbons (Fsp3) is 0. The second-order valence-electron chi connectivity index (χ2n) is 2.54. The maximum Gasteiger partial charge on any atom is 1.00 e. The van der Waals surface area contributed by atoms with Gasteiger partial charge in [0.2, 0.25) is 0 Å². The molecule has 0 amide bonds. The summed E-state index contributed by atoms with van der Waals surface area (Å²) >= 11 is 0. The Labute approximate surface area is 125 Å². The molecule has 0 saturated heterocycles. The van der Waals surface area contributed by atoms with Gasteiger partial charge >= 0.3 is 58.4 Å². The molecule has 8 heteroatoms. The van der Waals surface area contributed by atoms with Crippen molar-refractivity contribution in [3.05, 3.63) is 29.3 Å². The van der Waals surface area contributed by atoms with Gasteiger partial charge in [0.25, 0.3) is 0 Å². The van der Waals surface area contributed by atoms with Gasteiger partial charge in [0, 0.05) is 5.56 Å². The Kier molecular flexibility index (Phi) is 5.43. The number of hydrogen-bond acceptors (Lipinski definition) is 1. The fourth-order valence-electron chi connectivity index (χ4n) is 0.930. The Balaban J connectivity index is 0.00000196. The molecular weight excluding hydrogens is 243 g/mol. The largest absolute Gasteiger partial charge is 1.00 e. The van der Waals surface area contributed by atoms with Gasteiger partial charge in [0.05, 0.1) is 6.07 Å². The molecule has 15 heavy (non-hydrogen) atoms. The Morgan fingerprint density at radius 2 is 1.53 bits per heavy atom. The summed E-state index contributed by atoms with van der Waals surface area (Å²) in [5.41, 5.74) is -2.32. The van der Waals surface area contributed by atoms with E-state index in [-0.39, 0.29) is 63.5 Å². The first-order chi connectivity index (χ1) is 6.36. The summed E-state index contributed by atoms with van der Waals surface area (Å²) in [6.07, 6.45) is 0. The van der Waals surface area contributed by atoms with E-state index in [1.54, 1.807) is 0 Å². The molecule has 0 aromatic heterocycles. The molecule has 0 atom stereocenters. The molecule has 0 unspecified atom stereocenters. The van der Waals surface area contributed by atoms with Crippen molar-refractivity contribution in [3.8, 4) is 6.07 Å². The third-order valence-corrected chi connectivity index (χ3v) is 1.57. The number of nitrogens with zero attached hydrogens (tertiary/aromatic N) is 1. The predicted molar refractivity (Wildman–Crippen MR) is 39.8 cm³/mol. The van der Waals surface area contributed by atoms with Gasteiger partial charge in [-0.2, -0.15) is 5.26 Å². The zero-order valence-corrected chi connectivity index (χ0v) is 10.7. The van der Waals surface area contributed by atoms with Crippen LogP contribution in [0.2, 0.25) is 0 Å². The minimum Gasteiger partial charge on any atom is -0.445 e. The summed E-state index contributed by atoms with van der Waals surface area (Å²) in [7, 11) is 0. The number of halogens is 5. The molecule has 0 radical (unpaired) electrons. The summed E-state index contributed by atoms with van der Waals surface area (Å²) in [5, 5.41) is 8.27. The third-order valence-electron chi connectivity index (χ3n) is 1.57. The number of nitriles is 1. The molecule has 0 aliphatic carbocycles. The molecule has 0 N–H and O–H groups in total. The van der Waals surface area contributed by atoms with Crippen molar-refractivity contribution in [1.29, 1.82) is 5.26 Å². The van der Waals surface area contributed by atoms with Gasteiger partial charge in [-0.05, 0) is 12.1 Å². The van der Waals surface area contributed by atoms with Gasteiger partial charge in [0.1, 0.15) is 0 Å². The summed E-state index contributed by atoms with van der Waals surface area (Å²) in [6, 6.07) is 1.39. The van der Waals surface area contributed by atoms with Crippen LogP contribution in [0.15, 0.2) is 12.1 Å². The molecule has 1 aromatic rings. The first kappa shape index (κ1) is 15.1. The number of rotatable bonds is 1. The Morgan fingerprint density at radius 1 is 1.07 bits per heavy atom. The topological polar surface area (TPSA) is 23.8 Å². The van der Waals surface area contributed by atoms with Crippen LogP contribution in [-0.2, 0) is 0 Å². The second kappa shape index (κ2) is 5.41. The van der Waals surface area contributed by atoms with E-state index >= 15 is 0 Å². The molecule has 0 fully saturated rings. The van der Waals surface area contributed by atoms with Gasteiger partial charge in [-0.1, -0.05) is 5.46 Å².